The lowest BCUT2D eigenvalue weighted by Gasteiger charge is -2.08. The van der Waals surface area contributed by atoms with Crippen molar-refractivity contribution < 1.29 is 0 Å². The van der Waals surface area contributed by atoms with E-state index >= 15 is 0 Å². The van der Waals surface area contributed by atoms with Gasteiger partial charge in [0.2, 0.25) is 0 Å². The molecule has 17 heavy (non-hydrogen) atoms. The number of aromatic amines is 1. The van der Waals surface area contributed by atoms with Crippen LogP contribution >= 0.6 is 23.4 Å². The van der Waals surface area contributed by atoms with Gasteiger partial charge in [0.05, 0.1) is 0 Å². The van der Waals surface area contributed by atoms with Crippen LogP contribution in [0.15, 0.2) is 9.95 Å². The molecule has 0 aliphatic carbocycles. The second-order valence-corrected chi connectivity index (χ2v) is 5.62. The lowest BCUT2D eigenvalue weighted by molar-refractivity contribution is 0.550. The molecule has 1 rings (SSSR count). The number of halogens is 1. The average Bonchev–Trinajstić information content (AvgIpc) is 2.62. The van der Waals surface area contributed by atoms with E-state index in [0.29, 0.717) is 5.92 Å². The standard InChI is InChI=1S/C11H20ClN3OS/c1-3-7-15-10(16)13-14-11(15)17-8-5-9(2)4-6-12/h9H,3-8H2,1-2H3,(H,13,16). The molecule has 4 nitrogen and oxygen atoms in total. The van der Waals surface area contributed by atoms with Crippen molar-refractivity contribution in [1.82, 2.24) is 14.8 Å². The summed E-state index contributed by atoms with van der Waals surface area (Å²) in [4.78, 5) is 11.4. The zero-order valence-electron chi connectivity index (χ0n) is 10.4. The minimum atomic E-state index is -0.108. The van der Waals surface area contributed by atoms with Gasteiger partial charge < -0.3 is 0 Å². The number of nitrogens with one attached hydrogen (secondary N) is 1. The smallest absolute Gasteiger partial charge is 0.270 e. The molecule has 0 amide bonds. The zero-order valence-corrected chi connectivity index (χ0v) is 12.0. The minimum absolute atomic E-state index is 0.108. The Morgan fingerprint density at radius 2 is 2.29 bits per heavy atom. The van der Waals surface area contributed by atoms with E-state index in [0.717, 1.165) is 42.6 Å². The van der Waals surface area contributed by atoms with E-state index in [-0.39, 0.29) is 5.69 Å². The Morgan fingerprint density at radius 3 is 2.94 bits per heavy atom. The Kier molecular flexibility index (Phi) is 6.73. The van der Waals surface area contributed by atoms with Gasteiger partial charge in [0.25, 0.3) is 0 Å². The van der Waals surface area contributed by atoms with Crippen LogP contribution in [-0.2, 0) is 6.54 Å². The highest BCUT2D eigenvalue weighted by atomic mass is 35.5. The lowest BCUT2D eigenvalue weighted by atomic mass is 10.1. The Balaban J connectivity index is 2.43. The van der Waals surface area contributed by atoms with Crippen molar-refractivity contribution in [2.45, 2.75) is 44.8 Å². The van der Waals surface area contributed by atoms with Gasteiger partial charge >= 0.3 is 5.69 Å². The van der Waals surface area contributed by atoms with Crippen LogP contribution < -0.4 is 5.69 Å². The molecule has 0 fully saturated rings. The van der Waals surface area contributed by atoms with Crippen LogP contribution in [0.3, 0.4) is 0 Å². The van der Waals surface area contributed by atoms with Crippen molar-refractivity contribution in [3.8, 4) is 0 Å². The molecule has 0 aliphatic heterocycles. The zero-order chi connectivity index (χ0) is 12.7. The molecule has 1 N–H and O–H groups in total. The first-order valence-corrected chi connectivity index (χ1v) is 7.55. The van der Waals surface area contributed by atoms with Gasteiger partial charge in [-0.15, -0.1) is 16.7 Å². The second kappa shape index (κ2) is 7.82. The van der Waals surface area contributed by atoms with Gasteiger partial charge in [-0.1, -0.05) is 25.6 Å². The lowest BCUT2D eigenvalue weighted by Crippen LogP contribution is -2.17. The topological polar surface area (TPSA) is 50.7 Å². The van der Waals surface area contributed by atoms with Crippen molar-refractivity contribution in [2.75, 3.05) is 11.6 Å². The summed E-state index contributed by atoms with van der Waals surface area (Å²) in [6.07, 6.45) is 3.09. The predicted octanol–water partition coefficient (Wildman–Crippen LogP) is 2.73. The number of thioether (sulfide) groups is 1. The van der Waals surface area contributed by atoms with Gasteiger partial charge in [-0.2, -0.15) is 0 Å². The molecule has 1 heterocycles. The molecule has 6 heteroatoms. The van der Waals surface area contributed by atoms with Crippen molar-refractivity contribution in [3.63, 3.8) is 0 Å². The van der Waals surface area contributed by atoms with Crippen molar-refractivity contribution in [2.24, 2.45) is 5.92 Å². The van der Waals surface area contributed by atoms with Crippen LogP contribution in [0.1, 0.15) is 33.1 Å². The average molecular weight is 278 g/mol. The van der Waals surface area contributed by atoms with Crippen molar-refractivity contribution in [3.05, 3.63) is 10.5 Å². The number of nitrogens with zero attached hydrogens (tertiary/aromatic N) is 2. The first kappa shape index (κ1) is 14.6. The maximum absolute atomic E-state index is 11.4. The number of alkyl halides is 1. The summed E-state index contributed by atoms with van der Waals surface area (Å²) in [6.45, 7) is 4.98. The summed E-state index contributed by atoms with van der Waals surface area (Å²) in [6, 6.07) is 0. The van der Waals surface area contributed by atoms with Crippen molar-refractivity contribution in [1.29, 1.82) is 0 Å². The maximum atomic E-state index is 11.4. The third kappa shape index (κ3) is 4.76. The van der Waals surface area contributed by atoms with E-state index in [2.05, 4.69) is 24.0 Å². The molecule has 0 aliphatic rings. The van der Waals surface area contributed by atoms with Gasteiger partial charge in [-0.25, -0.2) is 9.89 Å². The molecule has 98 valence electrons. The molecule has 0 spiro atoms. The number of rotatable bonds is 8. The van der Waals surface area contributed by atoms with Crippen LogP contribution in [0.25, 0.3) is 0 Å². The van der Waals surface area contributed by atoms with Gasteiger partial charge in [-0.05, 0) is 25.2 Å². The second-order valence-electron chi connectivity index (χ2n) is 4.18. The fourth-order valence-electron chi connectivity index (χ4n) is 1.52. The third-order valence-corrected chi connectivity index (χ3v) is 3.84. The van der Waals surface area contributed by atoms with Crippen LogP contribution in [0.5, 0.6) is 0 Å². The Morgan fingerprint density at radius 1 is 1.53 bits per heavy atom. The van der Waals surface area contributed by atoms with E-state index in [1.807, 2.05) is 0 Å². The summed E-state index contributed by atoms with van der Waals surface area (Å²) in [7, 11) is 0. The molecule has 1 unspecified atom stereocenters. The van der Waals surface area contributed by atoms with Gasteiger partial charge in [0.15, 0.2) is 5.16 Å². The van der Waals surface area contributed by atoms with E-state index in [9.17, 15) is 4.79 Å². The maximum Gasteiger partial charge on any atom is 0.343 e. The number of H-pyrrole nitrogens is 1. The van der Waals surface area contributed by atoms with Crippen LogP contribution in [0.2, 0.25) is 0 Å². The Labute approximate surface area is 111 Å². The summed E-state index contributed by atoms with van der Waals surface area (Å²) < 4.78 is 1.71. The summed E-state index contributed by atoms with van der Waals surface area (Å²) >= 11 is 7.33. The monoisotopic (exact) mass is 277 g/mol. The highest BCUT2D eigenvalue weighted by Gasteiger charge is 2.08. The van der Waals surface area contributed by atoms with Gasteiger partial charge in [0, 0.05) is 18.2 Å². The molecular formula is C11H20ClN3OS. The normalized spacial score (nSPS) is 12.9. The van der Waals surface area contributed by atoms with Gasteiger partial charge in [-0.3, -0.25) is 4.57 Å². The predicted molar refractivity (Wildman–Crippen MR) is 73.0 cm³/mol. The molecule has 0 saturated heterocycles. The summed E-state index contributed by atoms with van der Waals surface area (Å²) in [5.74, 6) is 2.33. The highest BCUT2D eigenvalue weighted by molar-refractivity contribution is 7.99. The van der Waals surface area contributed by atoms with E-state index < -0.39 is 0 Å². The van der Waals surface area contributed by atoms with Crippen LogP contribution in [0, 0.1) is 5.92 Å². The Hall–Kier alpha value is -0.420. The third-order valence-electron chi connectivity index (χ3n) is 2.61. The number of aromatic nitrogens is 3. The molecule has 0 bridgehead atoms. The minimum Gasteiger partial charge on any atom is -0.270 e. The first-order valence-electron chi connectivity index (χ1n) is 6.03. The van der Waals surface area contributed by atoms with Crippen LogP contribution in [0.4, 0.5) is 0 Å². The largest absolute Gasteiger partial charge is 0.343 e. The SMILES string of the molecule is CCCn1c(SCCC(C)CCCl)n[nH]c1=O. The molecule has 1 aromatic heterocycles. The quantitative estimate of drug-likeness (QED) is 0.587. The van der Waals surface area contributed by atoms with E-state index in [1.165, 1.54) is 0 Å². The van der Waals surface area contributed by atoms with Crippen LogP contribution in [-0.4, -0.2) is 26.4 Å². The first-order chi connectivity index (χ1) is 8.19. The highest BCUT2D eigenvalue weighted by Crippen LogP contribution is 2.18. The van der Waals surface area contributed by atoms with E-state index in [1.54, 1.807) is 16.3 Å². The van der Waals surface area contributed by atoms with E-state index in [4.69, 9.17) is 11.6 Å². The molecule has 0 saturated carbocycles. The summed E-state index contributed by atoms with van der Waals surface area (Å²) in [5, 5.41) is 7.34. The van der Waals surface area contributed by atoms with Gasteiger partial charge in [0.1, 0.15) is 0 Å². The summed E-state index contributed by atoms with van der Waals surface area (Å²) in [5.41, 5.74) is -0.108. The fourth-order valence-corrected chi connectivity index (χ4v) is 3.03. The van der Waals surface area contributed by atoms with Crippen molar-refractivity contribution >= 4 is 23.4 Å². The fraction of sp³-hybridized carbons (Fsp3) is 0.818. The molecular weight excluding hydrogens is 258 g/mol. The molecule has 0 aromatic carbocycles. The number of hydrogen-bond acceptors (Lipinski definition) is 3. The number of hydrogen-bond donors (Lipinski definition) is 1. The molecule has 1 aromatic rings. The Bertz CT molecular complexity index is 377. The molecule has 1 atom stereocenters. The molecule has 0 radical (unpaired) electrons.